The van der Waals surface area contributed by atoms with Gasteiger partial charge in [-0.3, -0.25) is 0 Å². The van der Waals surface area contributed by atoms with Crippen molar-refractivity contribution < 1.29 is 4.52 Å². The van der Waals surface area contributed by atoms with Crippen LogP contribution in [0.2, 0.25) is 0 Å². The predicted octanol–water partition coefficient (Wildman–Crippen LogP) is -0.742. The molecule has 0 aromatic heterocycles. The fourth-order valence-electron chi connectivity index (χ4n) is 0.612. The maximum Gasteiger partial charge on any atom is 0.370 e. The van der Waals surface area contributed by atoms with Crippen LogP contribution >= 0.6 is 0 Å². The highest BCUT2D eigenvalue weighted by Crippen LogP contribution is 2.08. The molecular formula is C4H2N4O2. The summed E-state index contributed by atoms with van der Waals surface area (Å²) in [4.78, 5) is 17.2. The third kappa shape index (κ3) is 0.586. The van der Waals surface area contributed by atoms with Crippen molar-refractivity contribution in [2.24, 2.45) is 0 Å². The number of nitrogens with one attached hydrogen (secondary N) is 1. The van der Waals surface area contributed by atoms with E-state index in [4.69, 9.17) is 0 Å². The van der Waals surface area contributed by atoms with E-state index in [0.717, 1.165) is 0 Å². The third-order valence-electron chi connectivity index (χ3n) is 1.02. The number of rotatable bonds is 0. The number of fused-ring (bicyclic) bond motifs is 1. The standard InChI is InChI=1S/C4H2N4O2/c9-4-5-1-2-3(6-4)10-8-7-2/h1,8H. The van der Waals surface area contributed by atoms with Gasteiger partial charge in [0, 0.05) is 0 Å². The largest absolute Gasteiger partial charge is 0.370 e. The van der Waals surface area contributed by atoms with Gasteiger partial charge in [0.25, 0.3) is 5.89 Å². The van der Waals surface area contributed by atoms with Crippen molar-refractivity contribution in [3.05, 3.63) is 16.7 Å². The molecule has 2 aliphatic rings. The van der Waals surface area contributed by atoms with E-state index in [1.54, 1.807) is 0 Å². The van der Waals surface area contributed by atoms with Gasteiger partial charge in [0.2, 0.25) is 0 Å². The Hall–Kier alpha value is -1.72. The Kier molecular flexibility index (Phi) is 0.830. The Morgan fingerprint density at radius 1 is 1.60 bits per heavy atom. The highest BCUT2D eigenvalue weighted by molar-refractivity contribution is 5.42. The number of hydrogen-bond donors (Lipinski definition) is 1. The average molecular weight is 138 g/mol. The van der Waals surface area contributed by atoms with Gasteiger partial charge in [-0.05, 0) is 0 Å². The molecule has 0 aliphatic carbocycles. The topological polar surface area (TPSA) is 84.7 Å². The zero-order valence-corrected chi connectivity index (χ0v) is 4.74. The number of H-pyrrole nitrogens is 1. The van der Waals surface area contributed by atoms with E-state index in [1.807, 2.05) is 0 Å². The minimum atomic E-state index is -0.572. The fourth-order valence-corrected chi connectivity index (χ4v) is 0.612. The second-order valence-electron chi connectivity index (χ2n) is 1.65. The molecule has 0 bridgehead atoms. The lowest BCUT2D eigenvalue weighted by Crippen LogP contribution is -2.09. The summed E-state index contributed by atoms with van der Waals surface area (Å²) >= 11 is 0. The molecule has 6 heteroatoms. The van der Waals surface area contributed by atoms with E-state index in [2.05, 4.69) is 24.9 Å². The molecule has 6 nitrogen and oxygen atoms in total. The molecule has 50 valence electrons. The number of hydrogen-bond acceptors (Lipinski definition) is 5. The Bertz CT molecular complexity index is 364. The average Bonchev–Trinajstić information content (AvgIpc) is 2.33. The van der Waals surface area contributed by atoms with E-state index < -0.39 is 5.69 Å². The summed E-state index contributed by atoms with van der Waals surface area (Å²) in [7, 11) is 0. The summed E-state index contributed by atoms with van der Waals surface area (Å²) in [5, 5.41) is 5.80. The summed E-state index contributed by atoms with van der Waals surface area (Å²) in [5.41, 5.74) is -0.128. The van der Waals surface area contributed by atoms with E-state index in [0.29, 0.717) is 5.69 Å². The van der Waals surface area contributed by atoms with Crippen molar-refractivity contribution in [3.63, 3.8) is 0 Å². The van der Waals surface area contributed by atoms with Crippen LogP contribution in [0.15, 0.2) is 15.5 Å². The molecule has 1 N–H and O–H groups in total. The van der Waals surface area contributed by atoms with Crippen LogP contribution in [0.4, 0.5) is 0 Å². The van der Waals surface area contributed by atoms with Crippen LogP contribution < -0.4 is 5.69 Å². The molecule has 2 aliphatic heterocycles. The highest BCUT2D eigenvalue weighted by Gasteiger charge is 2.08. The van der Waals surface area contributed by atoms with Gasteiger partial charge in [0.15, 0.2) is 5.69 Å². The minimum Gasteiger partial charge on any atom is -0.342 e. The smallest absolute Gasteiger partial charge is 0.342 e. The zero-order chi connectivity index (χ0) is 6.97. The Morgan fingerprint density at radius 2 is 2.50 bits per heavy atom. The molecule has 0 atom stereocenters. The molecule has 0 amide bonds. The Morgan fingerprint density at radius 3 is 3.40 bits per heavy atom. The van der Waals surface area contributed by atoms with Crippen molar-refractivity contribution in [1.29, 1.82) is 0 Å². The van der Waals surface area contributed by atoms with Crippen molar-refractivity contribution >= 4 is 0 Å². The number of aromatic nitrogens is 4. The van der Waals surface area contributed by atoms with Crippen molar-refractivity contribution in [3.8, 4) is 11.6 Å². The molecule has 0 saturated carbocycles. The molecule has 0 unspecified atom stereocenters. The van der Waals surface area contributed by atoms with Gasteiger partial charge in [-0.2, -0.15) is 9.97 Å². The molecule has 2 heterocycles. The first-order valence-corrected chi connectivity index (χ1v) is 2.53. The summed E-state index contributed by atoms with van der Waals surface area (Å²) < 4.78 is 4.61. The van der Waals surface area contributed by atoms with Crippen LogP contribution in [0.5, 0.6) is 0 Å². The number of nitrogens with zero attached hydrogens (tertiary/aromatic N) is 3. The van der Waals surface area contributed by atoms with Gasteiger partial charge in [-0.1, -0.05) is 0 Å². The van der Waals surface area contributed by atoms with E-state index in [1.165, 1.54) is 6.20 Å². The molecule has 2 rings (SSSR count). The highest BCUT2D eigenvalue weighted by atomic mass is 16.5. The second-order valence-corrected chi connectivity index (χ2v) is 1.65. The summed E-state index contributed by atoms with van der Waals surface area (Å²) in [6, 6.07) is 0. The molecule has 0 aromatic carbocycles. The van der Waals surface area contributed by atoms with Crippen molar-refractivity contribution in [2.75, 3.05) is 0 Å². The van der Waals surface area contributed by atoms with Crippen LogP contribution in [0, 0.1) is 0 Å². The predicted molar refractivity (Wildman–Crippen MR) is 29.3 cm³/mol. The normalized spacial score (nSPS) is 10.4. The first-order chi connectivity index (χ1) is 4.86. The van der Waals surface area contributed by atoms with Gasteiger partial charge in [0.1, 0.15) is 0 Å². The lowest BCUT2D eigenvalue weighted by molar-refractivity contribution is 0.397. The molecule has 0 fully saturated rings. The monoisotopic (exact) mass is 138 g/mol. The van der Waals surface area contributed by atoms with E-state index in [9.17, 15) is 4.79 Å². The summed E-state index contributed by atoms with van der Waals surface area (Å²) in [5.74, 6) is 0.181. The molecule has 0 aromatic rings. The quantitative estimate of drug-likeness (QED) is 0.518. The zero-order valence-electron chi connectivity index (χ0n) is 4.74. The van der Waals surface area contributed by atoms with Gasteiger partial charge in [0.05, 0.1) is 6.20 Å². The van der Waals surface area contributed by atoms with Crippen molar-refractivity contribution in [2.45, 2.75) is 0 Å². The maximum atomic E-state index is 10.5. The van der Waals surface area contributed by atoms with E-state index in [-0.39, 0.29) is 5.89 Å². The second kappa shape index (κ2) is 1.63. The van der Waals surface area contributed by atoms with Crippen LogP contribution in [-0.4, -0.2) is 20.3 Å². The third-order valence-corrected chi connectivity index (χ3v) is 1.02. The molecular weight excluding hydrogens is 136 g/mol. The summed E-state index contributed by atoms with van der Waals surface area (Å²) in [6.45, 7) is 0. The van der Waals surface area contributed by atoms with Gasteiger partial charge in [-0.15, -0.1) is 10.4 Å². The SMILES string of the molecule is O=c1ncc2n[nH]oc-2n1. The van der Waals surface area contributed by atoms with Gasteiger partial charge < -0.3 is 4.52 Å². The molecule has 0 radical (unpaired) electrons. The Labute approximate surface area is 54.2 Å². The van der Waals surface area contributed by atoms with Crippen LogP contribution in [-0.2, 0) is 0 Å². The van der Waals surface area contributed by atoms with Gasteiger partial charge >= 0.3 is 5.69 Å². The van der Waals surface area contributed by atoms with Crippen LogP contribution in [0.1, 0.15) is 0 Å². The minimum absolute atomic E-state index is 0.181. The molecule has 10 heavy (non-hydrogen) atoms. The number of aromatic amines is 1. The first-order valence-electron chi connectivity index (χ1n) is 2.53. The van der Waals surface area contributed by atoms with Crippen LogP contribution in [0.3, 0.4) is 0 Å². The van der Waals surface area contributed by atoms with Crippen molar-refractivity contribution in [1.82, 2.24) is 20.3 Å². The maximum absolute atomic E-state index is 10.5. The van der Waals surface area contributed by atoms with E-state index >= 15 is 0 Å². The first kappa shape index (κ1) is 5.10. The molecule has 0 spiro atoms. The fraction of sp³-hybridized carbons (Fsp3) is 0. The lowest BCUT2D eigenvalue weighted by atomic mass is 10.5. The Balaban J connectivity index is 2.87. The van der Waals surface area contributed by atoms with Gasteiger partial charge in [-0.25, -0.2) is 4.79 Å². The van der Waals surface area contributed by atoms with Crippen LogP contribution in [0.25, 0.3) is 11.6 Å². The lowest BCUT2D eigenvalue weighted by Gasteiger charge is -1.82. The molecule has 0 saturated heterocycles. The summed E-state index contributed by atoms with van der Waals surface area (Å²) in [6.07, 6.45) is 1.30.